The molecule has 2 atom stereocenters. The summed E-state index contributed by atoms with van der Waals surface area (Å²) in [7, 11) is 0. The standard InChI is InChI=1S/C17H20BrNO2/c1-10(18)16(20)12-7-8-14-13(9-12)15(17(21)19-14)11-5-3-2-4-6-11/h7-11,15H,2-6H2,1H3,(H,19,21). The number of alkyl halides is 1. The molecule has 1 aliphatic carbocycles. The number of hydrogen-bond acceptors (Lipinski definition) is 2. The van der Waals surface area contributed by atoms with Crippen molar-refractivity contribution in [1.82, 2.24) is 0 Å². The molecule has 1 heterocycles. The first-order valence-electron chi connectivity index (χ1n) is 7.71. The van der Waals surface area contributed by atoms with Crippen molar-refractivity contribution < 1.29 is 9.59 Å². The van der Waals surface area contributed by atoms with Gasteiger partial charge in [0.25, 0.3) is 0 Å². The number of carbonyl (C=O) groups excluding carboxylic acids is 2. The van der Waals surface area contributed by atoms with Gasteiger partial charge in [0, 0.05) is 11.3 Å². The van der Waals surface area contributed by atoms with Gasteiger partial charge in [-0.3, -0.25) is 9.59 Å². The molecule has 1 amide bonds. The number of rotatable bonds is 3. The Balaban J connectivity index is 1.94. The van der Waals surface area contributed by atoms with Crippen molar-refractivity contribution in [3.8, 4) is 0 Å². The van der Waals surface area contributed by atoms with E-state index in [0.717, 1.165) is 24.1 Å². The number of fused-ring (bicyclic) bond motifs is 1. The molecule has 0 radical (unpaired) electrons. The van der Waals surface area contributed by atoms with Crippen LogP contribution in [0.15, 0.2) is 18.2 Å². The lowest BCUT2D eigenvalue weighted by molar-refractivity contribution is -0.118. The minimum Gasteiger partial charge on any atom is -0.325 e. The van der Waals surface area contributed by atoms with Crippen molar-refractivity contribution in [2.75, 3.05) is 5.32 Å². The number of halogens is 1. The quantitative estimate of drug-likeness (QED) is 0.654. The SMILES string of the molecule is CC(Br)C(=O)c1ccc2c(c1)C(C1CCCCC1)C(=O)N2. The molecule has 0 saturated heterocycles. The molecule has 21 heavy (non-hydrogen) atoms. The van der Waals surface area contributed by atoms with E-state index >= 15 is 0 Å². The van der Waals surface area contributed by atoms with Crippen LogP contribution in [-0.4, -0.2) is 16.5 Å². The summed E-state index contributed by atoms with van der Waals surface area (Å²) in [5, 5.41) is 2.98. The van der Waals surface area contributed by atoms with E-state index in [0.29, 0.717) is 11.5 Å². The number of hydrogen-bond donors (Lipinski definition) is 1. The number of Topliss-reactive ketones (excluding diaryl/α,β-unsaturated/α-hetero) is 1. The maximum absolute atomic E-state index is 12.3. The molecule has 0 aromatic heterocycles. The highest BCUT2D eigenvalue weighted by Gasteiger charge is 2.37. The maximum Gasteiger partial charge on any atom is 0.232 e. The molecule has 1 N–H and O–H groups in total. The smallest absolute Gasteiger partial charge is 0.232 e. The molecule has 2 unspecified atom stereocenters. The van der Waals surface area contributed by atoms with Gasteiger partial charge >= 0.3 is 0 Å². The summed E-state index contributed by atoms with van der Waals surface area (Å²) in [5.74, 6) is 0.526. The fourth-order valence-electron chi connectivity index (χ4n) is 3.60. The Bertz CT molecular complexity index is 576. The van der Waals surface area contributed by atoms with Gasteiger partial charge in [-0.15, -0.1) is 0 Å². The highest BCUT2D eigenvalue weighted by Crippen LogP contribution is 2.43. The molecule has 3 nitrogen and oxygen atoms in total. The van der Waals surface area contributed by atoms with Crippen molar-refractivity contribution >= 4 is 33.3 Å². The number of anilines is 1. The van der Waals surface area contributed by atoms with Crippen molar-refractivity contribution in [2.24, 2.45) is 5.92 Å². The largest absolute Gasteiger partial charge is 0.325 e. The van der Waals surface area contributed by atoms with Gasteiger partial charge in [0.05, 0.1) is 10.7 Å². The molecule has 1 aliphatic heterocycles. The topological polar surface area (TPSA) is 46.2 Å². The Labute approximate surface area is 133 Å². The van der Waals surface area contributed by atoms with Crippen LogP contribution in [0.5, 0.6) is 0 Å². The maximum atomic E-state index is 12.3. The van der Waals surface area contributed by atoms with E-state index < -0.39 is 0 Å². The van der Waals surface area contributed by atoms with Gasteiger partial charge in [0.15, 0.2) is 5.78 Å². The van der Waals surface area contributed by atoms with E-state index in [1.807, 2.05) is 25.1 Å². The van der Waals surface area contributed by atoms with E-state index in [9.17, 15) is 9.59 Å². The predicted octanol–water partition coefficient (Wildman–Crippen LogP) is 4.27. The molecule has 3 rings (SSSR count). The first-order valence-corrected chi connectivity index (χ1v) is 8.62. The zero-order valence-electron chi connectivity index (χ0n) is 12.2. The van der Waals surface area contributed by atoms with Gasteiger partial charge < -0.3 is 5.32 Å². The van der Waals surface area contributed by atoms with Gasteiger partial charge in [0.1, 0.15) is 0 Å². The zero-order valence-corrected chi connectivity index (χ0v) is 13.8. The Morgan fingerprint density at radius 2 is 2.00 bits per heavy atom. The van der Waals surface area contributed by atoms with Crippen LogP contribution in [0, 0.1) is 5.92 Å². The lowest BCUT2D eigenvalue weighted by atomic mass is 9.77. The number of carbonyl (C=O) groups is 2. The van der Waals surface area contributed by atoms with Crippen molar-refractivity contribution in [2.45, 2.75) is 49.8 Å². The van der Waals surface area contributed by atoms with Crippen LogP contribution < -0.4 is 5.32 Å². The molecule has 1 aromatic rings. The van der Waals surface area contributed by atoms with E-state index in [-0.39, 0.29) is 22.4 Å². The predicted molar refractivity (Wildman–Crippen MR) is 87.1 cm³/mol. The van der Waals surface area contributed by atoms with E-state index in [1.165, 1.54) is 19.3 Å². The van der Waals surface area contributed by atoms with E-state index in [4.69, 9.17) is 0 Å². The average Bonchev–Trinajstić information content (AvgIpc) is 2.82. The van der Waals surface area contributed by atoms with Gasteiger partial charge in [-0.25, -0.2) is 0 Å². The molecule has 4 heteroatoms. The molecule has 1 fully saturated rings. The molecule has 112 valence electrons. The number of ketones is 1. The lowest BCUT2D eigenvalue weighted by Gasteiger charge is -2.26. The Hall–Kier alpha value is -1.16. The van der Waals surface area contributed by atoms with Crippen LogP contribution in [0.1, 0.15) is 60.9 Å². The minimum absolute atomic E-state index is 0.0690. The number of nitrogens with one attached hydrogen (secondary N) is 1. The van der Waals surface area contributed by atoms with Crippen molar-refractivity contribution in [1.29, 1.82) is 0 Å². The second-order valence-electron chi connectivity index (χ2n) is 6.15. The van der Waals surface area contributed by atoms with Crippen LogP contribution in [0.2, 0.25) is 0 Å². The third kappa shape index (κ3) is 2.78. The minimum atomic E-state index is -0.200. The average molecular weight is 350 g/mol. The van der Waals surface area contributed by atoms with Gasteiger partial charge in [0.2, 0.25) is 5.91 Å². The highest BCUT2D eigenvalue weighted by atomic mass is 79.9. The zero-order chi connectivity index (χ0) is 15.0. The normalized spacial score (nSPS) is 23.5. The molecule has 2 aliphatic rings. The number of amides is 1. The second-order valence-corrected chi connectivity index (χ2v) is 7.52. The molecule has 0 spiro atoms. The monoisotopic (exact) mass is 349 g/mol. The summed E-state index contributed by atoms with van der Waals surface area (Å²) < 4.78 is 0. The fraction of sp³-hybridized carbons (Fsp3) is 0.529. The van der Waals surface area contributed by atoms with Gasteiger partial charge in [-0.1, -0.05) is 35.2 Å². The summed E-state index contributed by atoms with van der Waals surface area (Å²) in [6.07, 6.45) is 5.92. The first kappa shape index (κ1) is 14.8. The second kappa shape index (κ2) is 5.91. The van der Waals surface area contributed by atoms with Crippen molar-refractivity contribution in [3.63, 3.8) is 0 Å². The third-order valence-corrected chi connectivity index (χ3v) is 5.11. The molecular weight excluding hydrogens is 330 g/mol. The number of benzene rings is 1. The van der Waals surface area contributed by atoms with Gasteiger partial charge in [-0.2, -0.15) is 0 Å². The summed E-state index contributed by atoms with van der Waals surface area (Å²) in [6, 6.07) is 5.60. The molecule has 1 saturated carbocycles. The lowest BCUT2D eigenvalue weighted by Crippen LogP contribution is -2.23. The molecule has 1 aromatic carbocycles. The summed E-state index contributed by atoms with van der Waals surface area (Å²) in [4.78, 5) is 24.3. The van der Waals surface area contributed by atoms with Crippen LogP contribution in [-0.2, 0) is 4.79 Å². The van der Waals surface area contributed by atoms with Crippen LogP contribution in [0.25, 0.3) is 0 Å². The summed E-state index contributed by atoms with van der Waals surface area (Å²) >= 11 is 3.33. The van der Waals surface area contributed by atoms with Crippen molar-refractivity contribution in [3.05, 3.63) is 29.3 Å². The summed E-state index contributed by atoms with van der Waals surface area (Å²) in [6.45, 7) is 1.83. The van der Waals surface area contributed by atoms with Gasteiger partial charge in [-0.05, 0) is 49.4 Å². The molecule has 0 bridgehead atoms. The highest BCUT2D eigenvalue weighted by molar-refractivity contribution is 9.10. The first-order chi connectivity index (χ1) is 10.1. The molecular formula is C17H20BrNO2. The van der Waals surface area contributed by atoms with E-state index in [2.05, 4.69) is 21.2 Å². The fourth-order valence-corrected chi connectivity index (χ4v) is 3.87. The van der Waals surface area contributed by atoms with Crippen LogP contribution in [0.4, 0.5) is 5.69 Å². The third-order valence-electron chi connectivity index (χ3n) is 4.69. The Morgan fingerprint density at radius 1 is 1.29 bits per heavy atom. The van der Waals surface area contributed by atoms with Crippen LogP contribution in [0.3, 0.4) is 0 Å². The Kier molecular flexibility index (Phi) is 4.16. The Morgan fingerprint density at radius 3 is 2.67 bits per heavy atom. The van der Waals surface area contributed by atoms with E-state index in [1.54, 1.807) is 0 Å². The van der Waals surface area contributed by atoms with Crippen LogP contribution >= 0.6 is 15.9 Å². The summed E-state index contributed by atoms with van der Waals surface area (Å²) in [5.41, 5.74) is 2.59.